The molecule has 1 aliphatic carbocycles. The van der Waals surface area contributed by atoms with Gasteiger partial charge < -0.3 is 14.2 Å². The summed E-state index contributed by atoms with van der Waals surface area (Å²) in [5, 5.41) is 4.47. The van der Waals surface area contributed by atoms with Gasteiger partial charge in [0.25, 0.3) is 5.56 Å². The minimum atomic E-state index is -4.68. The van der Waals surface area contributed by atoms with Crippen LogP contribution in [0, 0.1) is 0 Å². The van der Waals surface area contributed by atoms with Gasteiger partial charge in [0.1, 0.15) is 17.2 Å². The molecular weight excluding hydrogens is 449 g/mol. The Morgan fingerprint density at radius 1 is 0.971 bits per heavy atom. The molecule has 0 amide bonds. The summed E-state index contributed by atoms with van der Waals surface area (Å²) >= 11 is 0. The first-order chi connectivity index (χ1) is 16.3. The van der Waals surface area contributed by atoms with Gasteiger partial charge in [-0.3, -0.25) is 4.79 Å². The molecule has 1 heterocycles. The van der Waals surface area contributed by atoms with Crippen LogP contribution in [0.4, 0.5) is 13.2 Å². The summed E-state index contributed by atoms with van der Waals surface area (Å²) in [4.78, 5) is 13.3. The van der Waals surface area contributed by atoms with E-state index in [4.69, 9.17) is 14.2 Å². The van der Waals surface area contributed by atoms with Crippen LogP contribution in [0.5, 0.6) is 17.2 Å². The number of methoxy groups -OCH3 is 2. The molecule has 9 heteroatoms. The van der Waals surface area contributed by atoms with E-state index in [1.165, 1.54) is 26.4 Å². The Labute approximate surface area is 194 Å². The molecule has 180 valence electrons. The van der Waals surface area contributed by atoms with Crippen LogP contribution in [0.3, 0.4) is 0 Å². The summed E-state index contributed by atoms with van der Waals surface area (Å²) in [6.45, 7) is 2.23. The van der Waals surface area contributed by atoms with Crippen molar-refractivity contribution in [2.45, 2.75) is 38.8 Å². The Morgan fingerprint density at radius 2 is 1.65 bits per heavy atom. The highest BCUT2D eigenvalue weighted by Crippen LogP contribution is 2.37. The molecule has 4 rings (SSSR count). The fourth-order valence-corrected chi connectivity index (χ4v) is 4.15. The summed E-state index contributed by atoms with van der Waals surface area (Å²) in [6, 6.07) is 8.55. The monoisotopic (exact) mass is 474 g/mol. The lowest BCUT2D eigenvalue weighted by Gasteiger charge is -2.18. The molecule has 0 bridgehead atoms. The van der Waals surface area contributed by atoms with Crippen LogP contribution in [-0.4, -0.2) is 30.6 Å². The molecular formula is C25H25F3N2O4. The van der Waals surface area contributed by atoms with Gasteiger partial charge in [-0.2, -0.15) is 23.0 Å². The molecule has 0 saturated heterocycles. The van der Waals surface area contributed by atoms with Crippen LogP contribution in [-0.2, 0) is 19.0 Å². The second-order valence-corrected chi connectivity index (χ2v) is 8.00. The van der Waals surface area contributed by atoms with Gasteiger partial charge in [-0.15, -0.1) is 0 Å². The predicted molar refractivity (Wildman–Crippen MR) is 121 cm³/mol. The van der Waals surface area contributed by atoms with Crippen molar-refractivity contribution in [2.75, 3.05) is 20.8 Å². The molecule has 0 radical (unpaired) electrons. The van der Waals surface area contributed by atoms with Crippen LogP contribution in [0.1, 0.15) is 36.5 Å². The van der Waals surface area contributed by atoms with Crippen LogP contribution in [0.15, 0.2) is 41.2 Å². The van der Waals surface area contributed by atoms with E-state index in [9.17, 15) is 18.0 Å². The van der Waals surface area contributed by atoms with Crippen LogP contribution >= 0.6 is 0 Å². The van der Waals surface area contributed by atoms with E-state index in [0.29, 0.717) is 54.2 Å². The fourth-order valence-electron chi connectivity index (χ4n) is 4.15. The number of rotatable bonds is 7. The Bertz CT molecular complexity index is 1250. The third-order valence-corrected chi connectivity index (χ3v) is 5.75. The average molecular weight is 474 g/mol. The maximum absolute atomic E-state index is 13.9. The minimum Gasteiger partial charge on any atom is -0.497 e. The van der Waals surface area contributed by atoms with Gasteiger partial charge in [-0.1, -0.05) is 6.92 Å². The largest absolute Gasteiger partial charge is 0.497 e. The van der Waals surface area contributed by atoms with Crippen LogP contribution in [0.25, 0.3) is 16.9 Å². The van der Waals surface area contributed by atoms with Gasteiger partial charge in [0.2, 0.25) is 0 Å². The summed E-state index contributed by atoms with van der Waals surface area (Å²) in [5.41, 5.74) is 0.356. The molecule has 34 heavy (non-hydrogen) atoms. The van der Waals surface area contributed by atoms with Crippen molar-refractivity contribution in [3.8, 4) is 34.2 Å². The third-order valence-electron chi connectivity index (χ3n) is 5.75. The van der Waals surface area contributed by atoms with E-state index >= 15 is 0 Å². The van der Waals surface area contributed by atoms with Crippen molar-refractivity contribution in [2.24, 2.45) is 0 Å². The second-order valence-electron chi connectivity index (χ2n) is 8.00. The molecule has 3 aromatic rings. The van der Waals surface area contributed by atoms with Gasteiger partial charge in [0.15, 0.2) is 0 Å². The molecule has 0 N–H and O–H groups in total. The number of hydrogen-bond acceptors (Lipinski definition) is 5. The number of hydrogen-bond donors (Lipinski definition) is 0. The molecule has 0 atom stereocenters. The van der Waals surface area contributed by atoms with E-state index in [0.717, 1.165) is 22.7 Å². The molecule has 6 nitrogen and oxygen atoms in total. The number of benzene rings is 2. The highest BCUT2D eigenvalue weighted by molar-refractivity contribution is 5.69. The molecule has 0 spiro atoms. The van der Waals surface area contributed by atoms with Gasteiger partial charge in [-0.05, 0) is 55.5 Å². The highest BCUT2D eigenvalue weighted by atomic mass is 19.4. The van der Waals surface area contributed by atoms with Crippen molar-refractivity contribution in [3.63, 3.8) is 0 Å². The third kappa shape index (κ3) is 4.47. The number of ether oxygens (including phenoxy) is 3. The lowest BCUT2D eigenvalue weighted by Crippen LogP contribution is -2.28. The molecule has 0 unspecified atom stereocenters. The first-order valence-electron chi connectivity index (χ1n) is 11.0. The zero-order valence-electron chi connectivity index (χ0n) is 19.2. The molecule has 0 aliphatic heterocycles. The van der Waals surface area contributed by atoms with Crippen molar-refractivity contribution in [1.29, 1.82) is 0 Å². The average Bonchev–Trinajstić information content (AvgIpc) is 3.32. The Kier molecular flexibility index (Phi) is 6.54. The minimum absolute atomic E-state index is 0.239. The SMILES string of the molecule is CCCOc1ccc(C(F)(F)F)c(-n2nc(-c3cc(OC)cc(OC)c3)c3c(c2=O)CCC3)c1. The summed E-state index contributed by atoms with van der Waals surface area (Å²) in [7, 11) is 3.02. The Morgan fingerprint density at radius 3 is 2.26 bits per heavy atom. The quantitative estimate of drug-likeness (QED) is 0.470. The smallest absolute Gasteiger partial charge is 0.418 e. The Balaban J connectivity index is 1.99. The van der Waals surface area contributed by atoms with Gasteiger partial charge in [0.05, 0.1) is 37.8 Å². The van der Waals surface area contributed by atoms with Crippen molar-refractivity contribution in [1.82, 2.24) is 9.78 Å². The van der Waals surface area contributed by atoms with Crippen molar-refractivity contribution < 1.29 is 27.4 Å². The zero-order valence-corrected chi connectivity index (χ0v) is 19.2. The van der Waals surface area contributed by atoms with Crippen LogP contribution < -0.4 is 19.8 Å². The van der Waals surface area contributed by atoms with Crippen molar-refractivity contribution >= 4 is 0 Å². The zero-order chi connectivity index (χ0) is 24.5. The maximum Gasteiger partial charge on any atom is 0.418 e. The number of aromatic nitrogens is 2. The standard InChI is InChI=1S/C25H25F3N2O4/c1-4-10-34-16-8-9-21(25(26,27)28)22(14-16)30-24(31)20-7-5-6-19(20)23(29-30)15-11-17(32-2)13-18(12-15)33-3/h8-9,11-14H,4-7,10H2,1-3H3. The first-order valence-corrected chi connectivity index (χ1v) is 11.0. The first kappa shape index (κ1) is 23.7. The number of nitrogens with zero attached hydrogens (tertiary/aromatic N) is 2. The van der Waals surface area contributed by atoms with E-state index in [1.54, 1.807) is 18.2 Å². The molecule has 1 aliphatic rings. The van der Waals surface area contributed by atoms with Crippen molar-refractivity contribution in [3.05, 3.63) is 63.4 Å². The highest BCUT2D eigenvalue weighted by Gasteiger charge is 2.36. The van der Waals surface area contributed by atoms with Gasteiger partial charge in [0, 0.05) is 23.3 Å². The number of halogens is 3. The molecule has 0 fully saturated rings. The van der Waals surface area contributed by atoms with E-state index in [2.05, 4.69) is 5.10 Å². The van der Waals surface area contributed by atoms with E-state index in [-0.39, 0.29) is 11.4 Å². The maximum atomic E-state index is 13.9. The topological polar surface area (TPSA) is 62.6 Å². The number of fused-ring (bicyclic) bond motifs is 1. The van der Waals surface area contributed by atoms with Gasteiger partial charge >= 0.3 is 6.18 Å². The second kappa shape index (κ2) is 9.40. The molecule has 1 aromatic heterocycles. The molecule has 0 saturated carbocycles. The predicted octanol–water partition coefficient (Wildman–Crippen LogP) is 5.21. The molecule has 2 aromatic carbocycles. The van der Waals surface area contributed by atoms with Crippen LogP contribution in [0.2, 0.25) is 0 Å². The van der Waals surface area contributed by atoms with E-state index < -0.39 is 17.3 Å². The summed E-state index contributed by atoms with van der Waals surface area (Å²) in [6.07, 6.45) is -2.19. The Hall–Kier alpha value is -3.49. The van der Waals surface area contributed by atoms with E-state index in [1.807, 2.05) is 6.92 Å². The number of alkyl halides is 3. The van der Waals surface area contributed by atoms with Gasteiger partial charge in [-0.25, -0.2) is 0 Å². The summed E-state index contributed by atoms with van der Waals surface area (Å²) < 4.78 is 58.9. The lowest BCUT2D eigenvalue weighted by molar-refractivity contribution is -0.137. The summed E-state index contributed by atoms with van der Waals surface area (Å²) in [5.74, 6) is 1.25. The lowest BCUT2D eigenvalue weighted by atomic mass is 10.0. The normalized spacial score (nSPS) is 13.0. The fraction of sp³-hybridized carbons (Fsp3) is 0.360.